The predicted molar refractivity (Wildman–Crippen MR) is 93.0 cm³/mol. The van der Waals surface area contributed by atoms with Crippen molar-refractivity contribution < 1.29 is 9.59 Å². The molecule has 0 radical (unpaired) electrons. The molecule has 1 N–H and O–H groups in total. The van der Waals surface area contributed by atoms with E-state index in [2.05, 4.69) is 11.4 Å². The van der Waals surface area contributed by atoms with Crippen molar-refractivity contribution >= 4 is 29.1 Å². The largest absolute Gasteiger partial charge is 0.350 e. The predicted octanol–water partition coefficient (Wildman–Crippen LogP) is 2.99. The minimum Gasteiger partial charge on any atom is -0.350 e. The highest BCUT2D eigenvalue weighted by Gasteiger charge is 2.15. The van der Waals surface area contributed by atoms with Gasteiger partial charge in [0.1, 0.15) is 6.07 Å². The van der Waals surface area contributed by atoms with Crippen molar-refractivity contribution in [3.8, 4) is 6.07 Å². The summed E-state index contributed by atoms with van der Waals surface area (Å²) in [6.45, 7) is 1.94. The normalized spacial score (nSPS) is 9.88. The second kappa shape index (κ2) is 8.14. The van der Waals surface area contributed by atoms with Crippen LogP contribution in [-0.4, -0.2) is 24.9 Å². The molecule has 0 atom stereocenters. The molecule has 0 aliphatic rings. The lowest BCUT2D eigenvalue weighted by atomic mass is 10.1. The molecular formula is C18H16ClN3O2. The number of amides is 2. The third kappa shape index (κ3) is 4.34. The molecule has 2 aromatic rings. The zero-order valence-corrected chi connectivity index (χ0v) is 13.9. The third-order valence-corrected chi connectivity index (χ3v) is 3.64. The van der Waals surface area contributed by atoms with E-state index >= 15 is 0 Å². The Morgan fingerprint density at radius 2 is 1.96 bits per heavy atom. The van der Waals surface area contributed by atoms with E-state index in [9.17, 15) is 9.59 Å². The molecule has 122 valence electrons. The first-order valence-corrected chi connectivity index (χ1v) is 7.71. The lowest BCUT2D eigenvalue weighted by Gasteiger charge is -2.22. The number of anilines is 1. The summed E-state index contributed by atoms with van der Waals surface area (Å²) in [5, 5.41) is 12.4. The van der Waals surface area contributed by atoms with Gasteiger partial charge in [0.2, 0.25) is 5.91 Å². The summed E-state index contributed by atoms with van der Waals surface area (Å²) in [7, 11) is 0. The highest BCUT2D eigenvalue weighted by Crippen LogP contribution is 2.19. The van der Waals surface area contributed by atoms with Crippen molar-refractivity contribution in [2.45, 2.75) is 6.92 Å². The average molecular weight is 342 g/mol. The zero-order chi connectivity index (χ0) is 17.5. The van der Waals surface area contributed by atoms with E-state index in [4.69, 9.17) is 16.9 Å². The Kier molecular flexibility index (Phi) is 5.94. The van der Waals surface area contributed by atoms with Crippen LogP contribution < -0.4 is 10.2 Å². The number of para-hydroxylation sites is 1. The lowest BCUT2D eigenvalue weighted by molar-refractivity contribution is -0.116. The maximum absolute atomic E-state index is 12.1. The Hall–Kier alpha value is -2.84. The fourth-order valence-corrected chi connectivity index (χ4v) is 2.45. The van der Waals surface area contributed by atoms with Crippen molar-refractivity contribution in [1.82, 2.24) is 5.32 Å². The maximum atomic E-state index is 12.1. The fraction of sp³-hybridized carbons (Fsp3) is 0.167. The number of nitriles is 1. The van der Waals surface area contributed by atoms with Gasteiger partial charge in [-0.15, -0.1) is 0 Å². The van der Waals surface area contributed by atoms with Crippen molar-refractivity contribution in [3.05, 3.63) is 64.7 Å². The number of rotatable bonds is 5. The minimum absolute atomic E-state index is 0.199. The van der Waals surface area contributed by atoms with E-state index in [1.165, 1.54) is 11.8 Å². The number of nitrogens with zero attached hydrogens (tertiary/aromatic N) is 2. The molecule has 0 saturated heterocycles. The van der Waals surface area contributed by atoms with Crippen molar-refractivity contribution in [3.63, 3.8) is 0 Å². The van der Waals surface area contributed by atoms with Crippen LogP contribution in [0.3, 0.4) is 0 Å². The van der Waals surface area contributed by atoms with Gasteiger partial charge in [0.15, 0.2) is 0 Å². The van der Waals surface area contributed by atoms with Gasteiger partial charge < -0.3 is 10.2 Å². The second-order valence-electron chi connectivity index (χ2n) is 5.07. The van der Waals surface area contributed by atoms with E-state index in [0.717, 1.165) is 0 Å². The Labute approximate surface area is 145 Å². The van der Waals surface area contributed by atoms with Gasteiger partial charge in [0.25, 0.3) is 5.91 Å². The smallest absolute Gasteiger partial charge is 0.251 e. The van der Waals surface area contributed by atoms with Gasteiger partial charge in [0.05, 0.1) is 11.3 Å². The SMILES string of the molecule is CC(=O)N(CCNC(=O)c1cccc(Cl)c1)c1ccccc1C#N. The van der Waals surface area contributed by atoms with Crippen LogP contribution in [0.15, 0.2) is 48.5 Å². The van der Waals surface area contributed by atoms with Crippen LogP contribution >= 0.6 is 11.6 Å². The molecule has 0 bridgehead atoms. The number of halogens is 1. The Morgan fingerprint density at radius 1 is 1.21 bits per heavy atom. The molecule has 6 heteroatoms. The quantitative estimate of drug-likeness (QED) is 0.908. The molecular weight excluding hydrogens is 326 g/mol. The molecule has 0 aliphatic carbocycles. The summed E-state index contributed by atoms with van der Waals surface area (Å²) in [6.07, 6.45) is 0. The van der Waals surface area contributed by atoms with E-state index in [1.807, 2.05) is 0 Å². The van der Waals surface area contributed by atoms with Crippen molar-refractivity contribution in [1.29, 1.82) is 5.26 Å². The van der Waals surface area contributed by atoms with E-state index in [-0.39, 0.29) is 24.9 Å². The first-order valence-electron chi connectivity index (χ1n) is 7.34. The number of benzene rings is 2. The van der Waals surface area contributed by atoms with Crippen LogP contribution in [-0.2, 0) is 4.79 Å². The number of carbonyl (C=O) groups excluding carboxylic acids is 2. The lowest BCUT2D eigenvalue weighted by Crippen LogP contribution is -2.38. The second-order valence-corrected chi connectivity index (χ2v) is 5.50. The van der Waals surface area contributed by atoms with Gasteiger partial charge in [-0.05, 0) is 30.3 Å². The molecule has 0 aromatic heterocycles. The van der Waals surface area contributed by atoms with Gasteiger partial charge in [-0.2, -0.15) is 5.26 Å². The summed E-state index contributed by atoms with van der Waals surface area (Å²) < 4.78 is 0. The van der Waals surface area contributed by atoms with Crippen LogP contribution in [0.25, 0.3) is 0 Å². The summed E-state index contributed by atoms with van der Waals surface area (Å²) in [5.74, 6) is -0.468. The Morgan fingerprint density at radius 3 is 2.62 bits per heavy atom. The summed E-state index contributed by atoms with van der Waals surface area (Å²) in [6, 6.07) is 15.5. The molecule has 5 nitrogen and oxygen atoms in total. The first-order chi connectivity index (χ1) is 11.5. The monoisotopic (exact) mass is 341 g/mol. The maximum Gasteiger partial charge on any atom is 0.251 e. The zero-order valence-electron chi connectivity index (χ0n) is 13.1. The summed E-state index contributed by atoms with van der Waals surface area (Å²) >= 11 is 5.86. The van der Waals surface area contributed by atoms with Crippen molar-refractivity contribution in [2.24, 2.45) is 0 Å². The molecule has 0 aliphatic heterocycles. The molecule has 0 fully saturated rings. The molecule has 0 spiro atoms. The van der Waals surface area contributed by atoms with Gasteiger partial charge >= 0.3 is 0 Å². The number of hydrogen-bond acceptors (Lipinski definition) is 3. The molecule has 0 saturated carbocycles. The molecule has 2 aromatic carbocycles. The van der Waals surface area contributed by atoms with Crippen LogP contribution in [0.2, 0.25) is 5.02 Å². The number of nitrogens with one attached hydrogen (secondary N) is 1. The average Bonchev–Trinajstić information content (AvgIpc) is 2.58. The molecule has 0 unspecified atom stereocenters. The minimum atomic E-state index is -0.269. The topological polar surface area (TPSA) is 73.2 Å². The van der Waals surface area contributed by atoms with E-state index in [0.29, 0.717) is 21.8 Å². The standard InChI is InChI=1S/C18H16ClN3O2/c1-13(23)22(17-8-3-2-5-15(17)12-20)10-9-21-18(24)14-6-4-7-16(19)11-14/h2-8,11H,9-10H2,1H3,(H,21,24). The first kappa shape index (κ1) is 17.5. The van der Waals surface area contributed by atoms with Crippen LogP contribution in [0.5, 0.6) is 0 Å². The summed E-state index contributed by atoms with van der Waals surface area (Å²) in [5.41, 5.74) is 1.40. The molecule has 2 rings (SSSR count). The fourth-order valence-electron chi connectivity index (χ4n) is 2.26. The Bertz CT molecular complexity index is 799. The molecule has 0 heterocycles. The molecule has 24 heavy (non-hydrogen) atoms. The van der Waals surface area contributed by atoms with Crippen LogP contribution in [0, 0.1) is 11.3 Å². The van der Waals surface area contributed by atoms with Crippen molar-refractivity contribution in [2.75, 3.05) is 18.0 Å². The van der Waals surface area contributed by atoms with Crippen LogP contribution in [0.1, 0.15) is 22.8 Å². The number of carbonyl (C=O) groups is 2. The van der Waals surface area contributed by atoms with E-state index in [1.54, 1.807) is 48.5 Å². The van der Waals surface area contributed by atoms with Gasteiger partial charge in [-0.25, -0.2) is 0 Å². The van der Waals surface area contributed by atoms with Crippen LogP contribution in [0.4, 0.5) is 5.69 Å². The molecule has 2 amide bonds. The van der Waals surface area contributed by atoms with Gasteiger partial charge in [-0.1, -0.05) is 29.8 Å². The summed E-state index contributed by atoms with van der Waals surface area (Å²) in [4.78, 5) is 25.4. The highest BCUT2D eigenvalue weighted by atomic mass is 35.5. The third-order valence-electron chi connectivity index (χ3n) is 3.40. The Balaban J connectivity index is 2.04. The van der Waals surface area contributed by atoms with Gasteiger partial charge in [0, 0.05) is 30.6 Å². The number of hydrogen-bond donors (Lipinski definition) is 1. The van der Waals surface area contributed by atoms with E-state index < -0.39 is 0 Å². The van der Waals surface area contributed by atoms with Gasteiger partial charge in [-0.3, -0.25) is 9.59 Å². The highest BCUT2D eigenvalue weighted by molar-refractivity contribution is 6.30.